The molecule has 0 N–H and O–H groups in total. The zero-order valence-electron chi connectivity index (χ0n) is 13.6. The molecule has 2 bridgehead atoms. The van der Waals surface area contributed by atoms with Crippen LogP contribution in [0.4, 0.5) is 0 Å². The molecule has 0 saturated heterocycles. The van der Waals surface area contributed by atoms with Crippen molar-refractivity contribution in [1.29, 1.82) is 0 Å². The summed E-state index contributed by atoms with van der Waals surface area (Å²) in [4.78, 5) is 0. The number of allylic oxidation sites excluding steroid dienone is 4. The molecular weight excluding hydrogens is 240 g/mol. The predicted octanol–water partition coefficient (Wildman–Crippen LogP) is 6.82. The Morgan fingerprint density at radius 2 is 1.55 bits per heavy atom. The van der Waals surface area contributed by atoms with E-state index in [0.29, 0.717) is 0 Å². The summed E-state index contributed by atoms with van der Waals surface area (Å²) in [5.41, 5.74) is 1.76. The average molecular weight is 274 g/mol. The standard InChI is InChI=1S/C20H34/c1-2-3-4-5-6-7-8-9-10-11-12-13-19-16-18-14-15-20(19)17-18/h13-15,18,20H,2-12,16-17H2,1H3. The second kappa shape index (κ2) is 9.42. The Kier molecular flexibility index (Phi) is 7.47. The molecule has 20 heavy (non-hydrogen) atoms. The molecule has 0 heteroatoms. The van der Waals surface area contributed by atoms with Crippen molar-refractivity contribution in [2.45, 2.75) is 90.4 Å². The highest BCUT2D eigenvalue weighted by atomic mass is 14.3. The quantitative estimate of drug-likeness (QED) is 0.286. The van der Waals surface area contributed by atoms with Crippen LogP contribution < -0.4 is 0 Å². The molecule has 0 aromatic heterocycles. The summed E-state index contributed by atoms with van der Waals surface area (Å²) in [5.74, 6) is 1.74. The predicted molar refractivity (Wildman–Crippen MR) is 89.9 cm³/mol. The van der Waals surface area contributed by atoms with Gasteiger partial charge in [0.1, 0.15) is 0 Å². The van der Waals surface area contributed by atoms with Crippen LogP contribution in [0.3, 0.4) is 0 Å². The van der Waals surface area contributed by atoms with Crippen molar-refractivity contribution in [3.63, 3.8) is 0 Å². The fourth-order valence-electron chi connectivity index (χ4n) is 3.81. The third-order valence-electron chi connectivity index (χ3n) is 5.11. The van der Waals surface area contributed by atoms with Crippen molar-refractivity contribution in [1.82, 2.24) is 0 Å². The second-order valence-corrected chi connectivity index (χ2v) is 6.94. The molecular formula is C20H34. The van der Waals surface area contributed by atoms with E-state index >= 15 is 0 Å². The smallest absolute Gasteiger partial charge is 0.00173 e. The maximum atomic E-state index is 2.57. The Balaban J connectivity index is 1.37. The topological polar surface area (TPSA) is 0 Å². The lowest BCUT2D eigenvalue weighted by Gasteiger charge is -2.07. The minimum atomic E-state index is 0.836. The van der Waals surface area contributed by atoms with Gasteiger partial charge in [-0.25, -0.2) is 0 Å². The molecule has 0 aromatic carbocycles. The van der Waals surface area contributed by atoms with Crippen LogP contribution in [0.25, 0.3) is 0 Å². The van der Waals surface area contributed by atoms with E-state index in [0.717, 1.165) is 11.8 Å². The van der Waals surface area contributed by atoms with Crippen molar-refractivity contribution in [2.75, 3.05) is 0 Å². The van der Waals surface area contributed by atoms with E-state index in [2.05, 4.69) is 25.2 Å². The number of rotatable bonds is 11. The fourth-order valence-corrected chi connectivity index (χ4v) is 3.81. The van der Waals surface area contributed by atoms with Gasteiger partial charge in [-0.05, 0) is 37.5 Å². The molecule has 114 valence electrons. The SMILES string of the molecule is CCCCCCCCCCCCC=C1CC2C=CC1C2. The van der Waals surface area contributed by atoms with Gasteiger partial charge in [-0.2, -0.15) is 0 Å². The highest BCUT2D eigenvalue weighted by Gasteiger charge is 2.29. The summed E-state index contributed by atoms with van der Waals surface area (Å²) in [6, 6.07) is 0. The minimum absolute atomic E-state index is 0.836. The Labute approximate surface area is 126 Å². The molecule has 1 fully saturated rings. The van der Waals surface area contributed by atoms with Crippen LogP contribution in [0.5, 0.6) is 0 Å². The molecule has 0 heterocycles. The van der Waals surface area contributed by atoms with Gasteiger partial charge in [-0.15, -0.1) is 0 Å². The Hall–Kier alpha value is -0.520. The van der Waals surface area contributed by atoms with Gasteiger partial charge in [0.15, 0.2) is 0 Å². The molecule has 0 aliphatic heterocycles. The van der Waals surface area contributed by atoms with Crippen LogP contribution in [-0.4, -0.2) is 0 Å². The van der Waals surface area contributed by atoms with Crippen LogP contribution in [0.1, 0.15) is 90.4 Å². The van der Waals surface area contributed by atoms with Gasteiger partial charge in [-0.3, -0.25) is 0 Å². The second-order valence-electron chi connectivity index (χ2n) is 6.94. The Morgan fingerprint density at radius 3 is 2.10 bits per heavy atom. The first-order valence-corrected chi connectivity index (χ1v) is 9.27. The third kappa shape index (κ3) is 5.46. The summed E-state index contributed by atoms with van der Waals surface area (Å²) in [7, 11) is 0. The summed E-state index contributed by atoms with van der Waals surface area (Å²) in [6.45, 7) is 2.29. The lowest BCUT2D eigenvalue weighted by atomic mass is 9.98. The van der Waals surface area contributed by atoms with Crippen LogP contribution >= 0.6 is 0 Å². The first-order chi connectivity index (χ1) is 9.90. The average Bonchev–Trinajstić information content (AvgIpc) is 3.07. The summed E-state index contributed by atoms with van der Waals surface area (Å²) >= 11 is 0. The molecule has 0 nitrogen and oxygen atoms in total. The minimum Gasteiger partial charge on any atom is -0.0847 e. The lowest BCUT2D eigenvalue weighted by Crippen LogP contribution is -1.92. The summed E-state index contributed by atoms with van der Waals surface area (Å²) in [5, 5.41) is 0. The third-order valence-corrected chi connectivity index (χ3v) is 5.11. The molecule has 0 radical (unpaired) electrons. The molecule has 2 atom stereocenters. The van der Waals surface area contributed by atoms with Crippen molar-refractivity contribution in [3.05, 3.63) is 23.8 Å². The summed E-state index contributed by atoms with van der Waals surface area (Å²) in [6.07, 6.45) is 26.0. The van der Waals surface area contributed by atoms with Crippen LogP contribution in [0.15, 0.2) is 23.8 Å². The van der Waals surface area contributed by atoms with Crippen molar-refractivity contribution in [3.8, 4) is 0 Å². The van der Waals surface area contributed by atoms with E-state index in [9.17, 15) is 0 Å². The zero-order valence-corrected chi connectivity index (χ0v) is 13.6. The normalized spacial score (nSPS) is 25.9. The van der Waals surface area contributed by atoms with Crippen LogP contribution in [-0.2, 0) is 0 Å². The molecule has 0 aromatic rings. The maximum Gasteiger partial charge on any atom is -0.00173 e. The molecule has 2 aliphatic carbocycles. The van der Waals surface area contributed by atoms with E-state index in [1.807, 2.05) is 0 Å². The van der Waals surface area contributed by atoms with Crippen LogP contribution in [0.2, 0.25) is 0 Å². The summed E-state index contributed by atoms with van der Waals surface area (Å²) < 4.78 is 0. The van der Waals surface area contributed by atoms with Crippen LogP contribution in [0, 0.1) is 11.8 Å². The maximum absolute atomic E-state index is 2.57. The number of unbranched alkanes of at least 4 members (excludes halogenated alkanes) is 10. The van der Waals surface area contributed by atoms with Gasteiger partial charge >= 0.3 is 0 Å². The number of fused-ring (bicyclic) bond motifs is 2. The van der Waals surface area contributed by atoms with Gasteiger partial charge in [0.05, 0.1) is 0 Å². The van der Waals surface area contributed by atoms with Crippen molar-refractivity contribution in [2.24, 2.45) is 11.8 Å². The van der Waals surface area contributed by atoms with Gasteiger partial charge in [0.2, 0.25) is 0 Å². The first-order valence-electron chi connectivity index (χ1n) is 9.27. The van der Waals surface area contributed by atoms with E-state index in [1.54, 1.807) is 5.57 Å². The molecule has 1 saturated carbocycles. The monoisotopic (exact) mass is 274 g/mol. The molecule has 2 aliphatic rings. The lowest BCUT2D eigenvalue weighted by molar-refractivity contribution is 0.557. The number of hydrogen-bond donors (Lipinski definition) is 0. The highest BCUT2D eigenvalue weighted by Crippen LogP contribution is 2.43. The highest BCUT2D eigenvalue weighted by molar-refractivity contribution is 5.26. The van der Waals surface area contributed by atoms with Gasteiger partial charge in [-0.1, -0.05) is 88.5 Å². The van der Waals surface area contributed by atoms with Gasteiger partial charge in [0.25, 0.3) is 0 Å². The van der Waals surface area contributed by atoms with Crippen molar-refractivity contribution < 1.29 is 0 Å². The van der Waals surface area contributed by atoms with E-state index in [4.69, 9.17) is 0 Å². The van der Waals surface area contributed by atoms with E-state index < -0.39 is 0 Å². The molecule has 0 spiro atoms. The molecule has 0 amide bonds. The Morgan fingerprint density at radius 1 is 0.900 bits per heavy atom. The van der Waals surface area contributed by atoms with Gasteiger partial charge < -0.3 is 0 Å². The zero-order chi connectivity index (χ0) is 14.0. The molecule has 2 rings (SSSR count). The van der Waals surface area contributed by atoms with E-state index in [1.165, 1.54) is 83.5 Å². The Bertz CT molecular complexity index is 310. The first kappa shape index (κ1) is 15.9. The fraction of sp³-hybridized carbons (Fsp3) is 0.800. The van der Waals surface area contributed by atoms with E-state index in [-0.39, 0.29) is 0 Å². The largest absolute Gasteiger partial charge is 0.0847 e. The number of hydrogen-bond acceptors (Lipinski definition) is 0. The van der Waals surface area contributed by atoms with Gasteiger partial charge in [0, 0.05) is 0 Å². The molecule has 2 unspecified atom stereocenters. The van der Waals surface area contributed by atoms with Crippen molar-refractivity contribution >= 4 is 0 Å².